The van der Waals surface area contributed by atoms with Crippen molar-refractivity contribution < 1.29 is 4.79 Å². The molecular formula is C11H14ClNOS. The number of thiophene rings is 1. The molecule has 0 spiro atoms. The third-order valence-corrected chi connectivity index (χ3v) is 3.38. The summed E-state index contributed by atoms with van der Waals surface area (Å²) < 4.78 is 0. The number of nitrogens with zero attached hydrogens (tertiary/aromatic N) is 1. The molecule has 1 aromatic rings. The number of carbonyl (C=O) groups excluding carboxylic acids is 1. The SMILES string of the molecule is C=CC(=O)N(CCC)Cc1sccc1Cl. The Hall–Kier alpha value is -0.800. The van der Waals surface area contributed by atoms with Crippen molar-refractivity contribution in [2.75, 3.05) is 6.54 Å². The van der Waals surface area contributed by atoms with Gasteiger partial charge in [-0.3, -0.25) is 4.79 Å². The summed E-state index contributed by atoms with van der Waals surface area (Å²) in [6.45, 7) is 6.85. The van der Waals surface area contributed by atoms with Gasteiger partial charge in [0.1, 0.15) is 0 Å². The number of hydrogen-bond donors (Lipinski definition) is 0. The summed E-state index contributed by atoms with van der Waals surface area (Å²) in [7, 11) is 0. The third kappa shape index (κ3) is 3.36. The summed E-state index contributed by atoms with van der Waals surface area (Å²) in [5.74, 6) is -0.0404. The van der Waals surface area contributed by atoms with Crippen LogP contribution in [0.5, 0.6) is 0 Å². The summed E-state index contributed by atoms with van der Waals surface area (Å²) in [5.41, 5.74) is 0. The molecule has 0 aliphatic heterocycles. The van der Waals surface area contributed by atoms with Gasteiger partial charge in [-0.05, 0) is 23.9 Å². The van der Waals surface area contributed by atoms with Gasteiger partial charge in [-0.25, -0.2) is 0 Å². The van der Waals surface area contributed by atoms with E-state index in [2.05, 4.69) is 6.58 Å². The summed E-state index contributed by atoms with van der Waals surface area (Å²) in [5, 5.41) is 2.66. The zero-order valence-corrected chi connectivity index (χ0v) is 10.3. The van der Waals surface area contributed by atoms with Gasteiger partial charge in [-0.15, -0.1) is 11.3 Å². The van der Waals surface area contributed by atoms with Crippen LogP contribution < -0.4 is 0 Å². The van der Waals surface area contributed by atoms with Gasteiger partial charge in [0.25, 0.3) is 0 Å². The van der Waals surface area contributed by atoms with Gasteiger partial charge in [-0.2, -0.15) is 0 Å². The van der Waals surface area contributed by atoms with Crippen molar-refractivity contribution in [1.29, 1.82) is 0 Å². The van der Waals surface area contributed by atoms with Crippen LogP contribution in [0.15, 0.2) is 24.1 Å². The van der Waals surface area contributed by atoms with Crippen molar-refractivity contribution >= 4 is 28.8 Å². The summed E-state index contributed by atoms with van der Waals surface area (Å²) in [4.78, 5) is 14.3. The molecule has 0 aromatic carbocycles. The first-order valence-corrected chi connectivity index (χ1v) is 6.08. The van der Waals surface area contributed by atoms with E-state index in [1.165, 1.54) is 6.08 Å². The second-order valence-corrected chi connectivity index (χ2v) is 4.56. The minimum absolute atomic E-state index is 0.0404. The minimum Gasteiger partial charge on any atom is -0.334 e. The fraction of sp³-hybridized carbons (Fsp3) is 0.364. The highest BCUT2D eigenvalue weighted by Crippen LogP contribution is 2.23. The predicted molar refractivity (Wildman–Crippen MR) is 65.2 cm³/mol. The highest BCUT2D eigenvalue weighted by Gasteiger charge is 2.12. The van der Waals surface area contributed by atoms with Crippen molar-refractivity contribution in [3.05, 3.63) is 34.0 Å². The fourth-order valence-corrected chi connectivity index (χ4v) is 2.39. The predicted octanol–water partition coefficient (Wildman–Crippen LogP) is 3.33. The summed E-state index contributed by atoms with van der Waals surface area (Å²) in [6.07, 6.45) is 2.28. The zero-order valence-electron chi connectivity index (χ0n) is 8.70. The monoisotopic (exact) mass is 243 g/mol. The van der Waals surface area contributed by atoms with Crippen LogP contribution in [0.3, 0.4) is 0 Å². The first kappa shape index (κ1) is 12.3. The Labute approximate surface area is 99.2 Å². The van der Waals surface area contributed by atoms with Gasteiger partial charge in [0.2, 0.25) is 5.91 Å². The maximum Gasteiger partial charge on any atom is 0.246 e. The topological polar surface area (TPSA) is 20.3 Å². The molecule has 82 valence electrons. The highest BCUT2D eigenvalue weighted by atomic mass is 35.5. The maximum absolute atomic E-state index is 11.5. The van der Waals surface area contributed by atoms with Crippen LogP contribution in [0.25, 0.3) is 0 Å². The van der Waals surface area contributed by atoms with Crippen LogP contribution >= 0.6 is 22.9 Å². The van der Waals surface area contributed by atoms with E-state index < -0.39 is 0 Å². The van der Waals surface area contributed by atoms with Gasteiger partial charge in [0.05, 0.1) is 11.6 Å². The van der Waals surface area contributed by atoms with Crippen LogP contribution in [-0.4, -0.2) is 17.4 Å². The van der Waals surface area contributed by atoms with Crippen molar-refractivity contribution in [2.24, 2.45) is 0 Å². The second-order valence-electron chi connectivity index (χ2n) is 3.16. The lowest BCUT2D eigenvalue weighted by molar-refractivity contribution is -0.126. The van der Waals surface area contributed by atoms with E-state index >= 15 is 0 Å². The number of hydrogen-bond acceptors (Lipinski definition) is 2. The Morgan fingerprint density at radius 3 is 2.93 bits per heavy atom. The first-order chi connectivity index (χ1) is 7.19. The van der Waals surface area contributed by atoms with E-state index in [0.717, 1.165) is 22.9 Å². The van der Waals surface area contributed by atoms with Crippen LogP contribution in [0.4, 0.5) is 0 Å². The largest absolute Gasteiger partial charge is 0.334 e. The molecule has 0 radical (unpaired) electrons. The molecule has 0 atom stereocenters. The maximum atomic E-state index is 11.5. The van der Waals surface area contributed by atoms with E-state index in [-0.39, 0.29) is 5.91 Å². The van der Waals surface area contributed by atoms with Crippen LogP contribution in [0.1, 0.15) is 18.2 Å². The number of amides is 1. The molecule has 1 rings (SSSR count). The Balaban J connectivity index is 2.70. The molecule has 2 nitrogen and oxygen atoms in total. The average Bonchev–Trinajstić information content (AvgIpc) is 2.63. The molecule has 0 N–H and O–H groups in total. The standard InChI is InChI=1S/C11H14ClNOS/c1-3-6-13(11(14)4-2)8-10-9(12)5-7-15-10/h4-5,7H,2-3,6,8H2,1H3. The molecule has 0 aliphatic carbocycles. The van der Waals surface area contributed by atoms with Gasteiger partial charge in [-0.1, -0.05) is 25.1 Å². The highest BCUT2D eigenvalue weighted by molar-refractivity contribution is 7.10. The Morgan fingerprint density at radius 2 is 2.47 bits per heavy atom. The molecule has 0 bridgehead atoms. The second kappa shape index (κ2) is 5.93. The molecule has 1 aromatic heterocycles. The molecule has 0 fully saturated rings. The molecule has 0 saturated heterocycles. The summed E-state index contributed by atoms with van der Waals surface area (Å²) >= 11 is 7.55. The molecule has 1 amide bonds. The molecule has 0 aliphatic rings. The molecule has 4 heteroatoms. The fourth-order valence-electron chi connectivity index (χ4n) is 1.28. The van der Waals surface area contributed by atoms with Crippen molar-refractivity contribution in [3.63, 3.8) is 0 Å². The molecular weight excluding hydrogens is 230 g/mol. The van der Waals surface area contributed by atoms with Crippen LogP contribution in [0.2, 0.25) is 5.02 Å². The lowest BCUT2D eigenvalue weighted by Crippen LogP contribution is -2.29. The number of halogens is 1. The van der Waals surface area contributed by atoms with Crippen LogP contribution in [0, 0.1) is 0 Å². The van der Waals surface area contributed by atoms with Crippen molar-refractivity contribution in [2.45, 2.75) is 19.9 Å². The number of rotatable bonds is 5. The summed E-state index contributed by atoms with van der Waals surface area (Å²) in [6, 6.07) is 1.85. The quantitative estimate of drug-likeness (QED) is 0.727. The average molecular weight is 244 g/mol. The Kier molecular flexibility index (Phi) is 4.85. The molecule has 1 heterocycles. The first-order valence-electron chi connectivity index (χ1n) is 4.82. The number of carbonyl (C=O) groups is 1. The van der Waals surface area contributed by atoms with Gasteiger partial charge in [0, 0.05) is 11.4 Å². The van der Waals surface area contributed by atoms with E-state index in [9.17, 15) is 4.79 Å². The smallest absolute Gasteiger partial charge is 0.246 e. The normalized spacial score (nSPS) is 10.0. The van der Waals surface area contributed by atoms with E-state index in [1.54, 1.807) is 16.2 Å². The molecule has 0 unspecified atom stereocenters. The third-order valence-electron chi connectivity index (χ3n) is 2.01. The molecule has 0 saturated carbocycles. The zero-order chi connectivity index (χ0) is 11.3. The van der Waals surface area contributed by atoms with E-state index in [0.29, 0.717) is 6.54 Å². The van der Waals surface area contributed by atoms with E-state index in [4.69, 9.17) is 11.6 Å². The van der Waals surface area contributed by atoms with E-state index in [1.807, 2.05) is 18.4 Å². The molecule has 15 heavy (non-hydrogen) atoms. The van der Waals surface area contributed by atoms with Gasteiger partial charge >= 0.3 is 0 Å². The van der Waals surface area contributed by atoms with Crippen LogP contribution in [-0.2, 0) is 11.3 Å². The van der Waals surface area contributed by atoms with Crippen molar-refractivity contribution in [1.82, 2.24) is 4.90 Å². The van der Waals surface area contributed by atoms with Gasteiger partial charge in [0.15, 0.2) is 0 Å². The minimum atomic E-state index is -0.0404. The lowest BCUT2D eigenvalue weighted by atomic mass is 10.3. The van der Waals surface area contributed by atoms with Crippen molar-refractivity contribution in [3.8, 4) is 0 Å². The Bertz CT molecular complexity index is 348. The van der Waals surface area contributed by atoms with Gasteiger partial charge < -0.3 is 4.90 Å². The lowest BCUT2D eigenvalue weighted by Gasteiger charge is -2.19. The Morgan fingerprint density at radius 1 is 1.73 bits per heavy atom.